The lowest BCUT2D eigenvalue weighted by atomic mass is 10.0. The SMILES string of the molecule is CCOc1ccc(/C=C2\C(=O)NC(=O)N(c3cc(C)ccc3C)C2=O)cc1OCC. The number of carbonyl (C=O) groups excluding carboxylic acids is 3. The number of barbiturate groups is 1. The maximum absolute atomic E-state index is 13.1. The summed E-state index contributed by atoms with van der Waals surface area (Å²) >= 11 is 0. The van der Waals surface area contributed by atoms with Crippen LogP contribution in [0.4, 0.5) is 10.5 Å². The number of ether oxygens (including phenoxy) is 2. The van der Waals surface area contributed by atoms with E-state index in [9.17, 15) is 14.4 Å². The topological polar surface area (TPSA) is 84.9 Å². The summed E-state index contributed by atoms with van der Waals surface area (Å²) in [6, 6.07) is 9.83. The molecule has 2 aromatic rings. The van der Waals surface area contributed by atoms with Crippen molar-refractivity contribution >= 4 is 29.6 Å². The minimum Gasteiger partial charge on any atom is -0.490 e. The molecule has 0 unspecified atom stereocenters. The predicted molar refractivity (Wildman–Crippen MR) is 114 cm³/mol. The third-order valence-corrected chi connectivity index (χ3v) is 4.59. The van der Waals surface area contributed by atoms with Gasteiger partial charge in [-0.3, -0.25) is 14.9 Å². The third-order valence-electron chi connectivity index (χ3n) is 4.59. The number of nitrogens with one attached hydrogen (secondary N) is 1. The van der Waals surface area contributed by atoms with E-state index in [1.54, 1.807) is 31.2 Å². The van der Waals surface area contributed by atoms with Gasteiger partial charge < -0.3 is 9.47 Å². The Morgan fingerprint density at radius 2 is 1.63 bits per heavy atom. The number of anilines is 1. The average Bonchev–Trinajstić information content (AvgIpc) is 2.70. The molecular weight excluding hydrogens is 384 g/mol. The Kier molecular flexibility index (Phi) is 6.20. The van der Waals surface area contributed by atoms with Crippen molar-refractivity contribution in [3.05, 3.63) is 58.7 Å². The van der Waals surface area contributed by atoms with Crippen LogP contribution in [0, 0.1) is 13.8 Å². The van der Waals surface area contributed by atoms with Crippen molar-refractivity contribution < 1.29 is 23.9 Å². The van der Waals surface area contributed by atoms with E-state index in [4.69, 9.17) is 9.47 Å². The van der Waals surface area contributed by atoms with Crippen molar-refractivity contribution in [1.29, 1.82) is 0 Å². The van der Waals surface area contributed by atoms with Crippen LogP contribution in [-0.2, 0) is 9.59 Å². The smallest absolute Gasteiger partial charge is 0.335 e. The zero-order chi connectivity index (χ0) is 21.8. The molecule has 3 rings (SSSR count). The van der Waals surface area contributed by atoms with Gasteiger partial charge in [0.1, 0.15) is 5.57 Å². The van der Waals surface area contributed by atoms with E-state index in [1.807, 2.05) is 32.9 Å². The largest absolute Gasteiger partial charge is 0.490 e. The first kappa shape index (κ1) is 21.1. The maximum Gasteiger partial charge on any atom is 0.335 e. The van der Waals surface area contributed by atoms with Crippen molar-refractivity contribution in [2.45, 2.75) is 27.7 Å². The van der Waals surface area contributed by atoms with E-state index in [-0.39, 0.29) is 5.57 Å². The summed E-state index contributed by atoms with van der Waals surface area (Å²) in [5.41, 5.74) is 2.53. The molecule has 1 aliphatic heterocycles. The van der Waals surface area contributed by atoms with Crippen LogP contribution < -0.4 is 19.7 Å². The summed E-state index contributed by atoms with van der Waals surface area (Å²) in [6.45, 7) is 8.31. The van der Waals surface area contributed by atoms with E-state index >= 15 is 0 Å². The number of amides is 4. The van der Waals surface area contributed by atoms with Gasteiger partial charge in [-0.1, -0.05) is 18.2 Å². The van der Waals surface area contributed by atoms with Crippen LogP contribution >= 0.6 is 0 Å². The molecular formula is C23H24N2O5. The van der Waals surface area contributed by atoms with Gasteiger partial charge in [0.25, 0.3) is 11.8 Å². The number of hydrogen-bond acceptors (Lipinski definition) is 5. The Balaban J connectivity index is 2.02. The Morgan fingerprint density at radius 3 is 2.33 bits per heavy atom. The van der Waals surface area contributed by atoms with Gasteiger partial charge in [0.2, 0.25) is 0 Å². The molecule has 0 atom stereocenters. The summed E-state index contributed by atoms with van der Waals surface area (Å²) in [4.78, 5) is 39.0. The average molecular weight is 408 g/mol. The Labute approximate surface area is 175 Å². The fourth-order valence-electron chi connectivity index (χ4n) is 3.16. The molecule has 7 nitrogen and oxygen atoms in total. The molecule has 0 bridgehead atoms. The van der Waals surface area contributed by atoms with Gasteiger partial charge in [-0.25, -0.2) is 9.69 Å². The molecule has 2 aromatic carbocycles. The normalized spacial score (nSPS) is 15.4. The van der Waals surface area contributed by atoms with E-state index in [1.165, 1.54) is 6.08 Å². The zero-order valence-electron chi connectivity index (χ0n) is 17.4. The highest BCUT2D eigenvalue weighted by molar-refractivity contribution is 6.39. The molecule has 0 aliphatic carbocycles. The predicted octanol–water partition coefficient (Wildman–Crippen LogP) is 3.77. The maximum atomic E-state index is 13.1. The van der Waals surface area contributed by atoms with E-state index in [0.717, 1.165) is 16.0 Å². The molecule has 1 saturated heterocycles. The second-order valence-corrected chi connectivity index (χ2v) is 6.82. The molecule has 0 aromatic heterocycles. The molecule has 4 amide bonds. The second kappa shape index (κ2) is 8.82. The van der Waals surface area contributed by atoms with Gasteiger partial charge in [0, 0.05) is 0 Å². The lowest BCUT2D eigenvalue weighted by molar-refractivity contribution is -0.122. The van der Waals surface area contributed by atoms with Gasteiger partial charge >= 0.3 is 6.03 Å². The molecule has 0 saturated carbocycles. The molecule has 156 valence electrons. The molecule has 1 N–H and O–H groups in total. The summed E-state index contributed by atoms with van der Waals surface area (Å²) in [7, 11) is 0. The van der Waals surface area contributed by atoms with E-state index in [0.29, 0.717) is 36.0 Å². The van der Waals surface area contributed by atoms with Gasteiger partial charge in [-0.05, 0) is 68.7 Å². The number of imide groups is 2. The molecule has 7 heteroatoms. The Morgan fingerprint density at radius 1 is 0.933 bits per heavy atom. The first-order chi connectivity index (χ1) is 14.3. The van der Waals surface area contributed by atoms with Crippen molar-refractivity contribution in [1.82, 2.24) is 5.32 Å². The molecule has 1 aliphatic rings. The van der Waals surface area contributed by atoms with Crippen LogP contribution in [0.15, 0.2) is 42.0 Å². The van der Waals surface area contributed by atoms with Gasteiger partial charge in [-0.2, -0.15) is 0 Å². The summed E-state index contributed by atoms with van der Waals surface area (Å²) in [6.07, 6.45) is 1.44. The minimum absolute atomic E-state index is 0.137. The van der Waals surface area contributed by atoms with Gasteiger partial charge in [0.05, 0.1) is 18.9 Å². The fourth-order valence-corrected chi connectivity index (χ4v) is 3.16. The van der Waals surface area contributed by atoms with Crippen molar-refractivity contribution in [2.24, 2.45) is 0 Å². The van der Waals surface area contributed by atoms with Crippen LogP contribution in [-0.4, -0.2) is 31.1 Å². The van der Waals surface area contributed by atoms with Crippen molar-refractivity contribution in [3.63, 3.8) is 0 Å². The van der Waals surface area contributed by atoms with Crippen LogP contribution in [0.2, 0.25) is 0 Å². The highest BCUT2D eigenvalue weighted by Crippen LogP contribution is 2.31. The number of urea groups is 1. The Bertz CT molecular complexity index is 1040. The second-order valence-electron chi connectivity index (χ2n) is 6.82. The number of benzene rings is 2. The first-order valence-electron chi connectivity index (χ1n) is 9.74. The minimum atomic E-state index is -0.766. The molecule has 0 radical (unpaired) electrons. The molecule has 1 fully saturated rings. The quantitative estimate of drug-likeness (QED) is 0.581. The number of nitrogens with zero attached hydrogens (tertiary/aromatic N) is 1. The number of hydrogen-bond donors (Lipinski definition) is 1. The van der Waals surface area contributed by atoms with E-state index < -0.39 is 17.8 Å². The zero-order valence-corrected chi connectivity index (χ0v) is 17.4. The van der Waals surface area contributed by atoms with Crippen molar-refractivity contribution in [2.75, 3.05) is 18.1 Å². The lowest BCUT2D eigenvalue weighted by Gasteiger charge is -2.27. The molecule has 0 spiro atoms. The molecule has 1 heterocycles. The highest BCUT2D eigenvalue weighted by atomic mass is 16.5. The highest BCUT2D eigenvalue weighted by Gasteiger charge is 2.37. The summed E-state index contributed by atoms with van der Waals surface area (Å²) in [5, 5.41) is 2.25. The number of rotatable bonds is 6. The van der Waals surface area contributed by atoms with E-state index in [2.05, 4.69) is 5.32 Å². The first-order valence-corrected chi connectivity index (χ1v) is 9.74. The molecule has 30 heavy (non-hydrogen) atoms. The summed E-state index contributed by atoms with van der Waals surface area (Å²) < 4.78 is 11.2. The van der Waals surface area contributed by atoms with Crippen LogP contribution in [0.25, 0.3) is 6.08 Å². The third kappa shape index (κ3) is 4.20. The standard InChI is InChI=1S/C23H24N2O5/c1-5-29-19-10-9-16(13-20(19)30-6-2)12-17-21(26)24-23(28)25(22(17)27)18-11-14(3)7-8-15(18)4/h7-13H,5-6H2,1-4H3,(H,24,26,28)/b17-12+. The van der Waals surface area contributed by atoms with Crippen LogP contribution in [0.1, 0.15) is 30.5 Å². The van der Waals surface area contributed by atoms with Crippen molar-refractivity contribution in [3.8, 4) is 11.5 Å². The number of aryl methyl sites for hydroxylation is 2. The summed E-state index contributed by atoms with van der Waals surface area (Å²) in [5.74, 6) is -0.323. The van der Waals surface area contributed by atoms with Gasteiger partial charge in [0.15, 0.2) is 11.5 Å². The van der Waals surface area contributed by atoms with Crippen LogP contribution in [0.3, 0.4) is 0 Å². The number of carbonyl (C=O) groups is 3. The van der Waals surface area contributed by atoms with Crippen LogP contribution in [0.5, 0.6) is 11.5 Å². The van der Waals surface area contributed by atoms with Gasteiger partial charge in [-0.15, -0.1) is 0 Å². The monoisotopic (exact) mass is 408 g/mol. The Hall–Kier alpha value is -3.61. The lowest BCUT2D eigenvalue weighted by Crippen LogP contribution is -2.54. The fraction of sp³-hybridized carbons (Fsp3) is 0.261.